The maximum Gasteiger partial charge on any atom is 0.0543 e. The Hall–Kier alpha value is -0.410. The van der Waals surface area contributed by atoms with Crippen LogP contribution in [-0.4, -0.2) is 10.9 Å². The molecule has 0 aliphatic carbocycles. The summed E-state index contributed by atoms with van der Waals surface area (Å²) >= 11 is 1.53. The Morgan fingerprint density at radius 2 is 2.50 bits per heavy atom. The molecule has 56 valence electrons. The van der Waals surface area contributed by atoms with E-state index in [2.05, 4.69) is 9.75 Å². The fraction of sp³-hybridized carbons (Fsp3) is 0.571. The number of nitrogens with two attached hydrogens (primary N) is 1. The van der Waals surface area contributed by atoms with Gasteiger partial charge in [0.1, 0.15) is 0 Å². The van der Waals surface area contributed by atoms with Gasteiger partial charge in [0.25, 0.3) is 0 Å². The lowest BCUT2D eigenvalue weighted by Gasteiger charge is -1.94. The predicted octanol–water partition coefficient (Wildman–Crippen LogP) is 1.34. The van der Waals surface area contributed by atoms with E-state index in [1.807, 2.05) is 6.92 Å². The molecule has 0 saturated carbocycles. The first kappa shape index (κ1) is 7.69. The molecule has 0 fully saturated rings. The van der Waals surface area contributed by atoms with Crippen molar-refractivity contribution in [1.29, 1.82) is 0 Å². The second-order valence-electron chi connectivity index (χ2n) is 2.32. The zero-order valence-corrected chi connectivity index (χ0v) is 6.95. The van der Waals surface area contributed by atoms with E-state index >= 15 is 0 Å². The van der Waals surface area contributed by atoms with Crippen molar-refractivity contribution < 1.29 is 0 Å². The molecule has 0 saturated heterocycles. The Bertz CT molecular complexity index is 195. The van der Waals surface area contributed by atoms with Gasteiger partial charge in [-0.15, -0.1) is 0 Å². The molecule has 1 heterocycles. The van der Waals surface area contributed by atoms with Crippen LogP contribution in [0, 0.1) is 6.92 Å². The van der Waals surface area contributed by atoms with Crippen LogP contribution in [0.15, 0.2) is 5.38 Å². The van der Waals surface area contributed by atoms with E-state index in [1.54, 1.807) is 0 Å². The highest BCUT2D eigenvalue weighted by Gasteiger charge is 1.98. The quantitative estimate of drug-likeness (QED) is 0.717. The summed E-state index contributed by atoms with van der Waals surface area (Å²) in [7, 11) is 0. The first-order valence-electron chi connectivity index (χ1n) is 3.44. The molecule has 3 heteroatoms. The zero-order chi connectivity index (χ0) is 7.40. The van der Waals surface area contributed by atoms with Crippen LogP contribution in [0.25, 0.3) is 0 Å². The Balaban J connectivity index is 2.49. The third kappa shape index (κ3) is 1.78. The number of aryl methyl sites for hydroxylation is 2. The Morgan fingerprint density at radius 1 is 1.70 bits per heavy atom. The van der Waals surface area contributed by atoms with Crippen LogP contribution < -0.4 is 5.73 Å². The van der Waals surface area contributed by atoms with Gasteiger partial charge in [-0.05, 0) is 43.4 Å². The number of nitrogens with zero attached hydrogens (tertiary/aromatic N) is 1. The van der Waals surface area contributed by atoms with Gasteiger partial charge in [0.15, 0.2) is 0 Å². The number of hydrogen-bond acceptors (Lipinski definition) is 3. The molecule has 0 aromatic carbocycles. The van der Waals surface area contributed by atoms with Crippen LogP contribution in [0.5, 0.6) is 0 Å². The van der Waals surface area contributed by atoms with Crippen LogP contribution in [0.3, 0.4) is 0 Å². The standard InChI is InChI=1S/C7H12N2S/c1-6-7(3-2-4-8)5-10-9-6/h5H,2-4,8H2,1H3. The number of rotatable bonds is 3. The monoisotopic (exact) mass is 156 g/mol. The minimum Gasteiger partial charge on any atom is -0.330 e. The molecule has 0 spiro atoms. The SMILES string of the molecule is Cc1nscc1CCCN. The lowest BCUT2D eigenvalue weighted by Crippen LogP contribution is -2.00. The van der Waals surface area contributed by atoms with Gasteiger partial charge in [-0.25, -0.2) is 0 Å². The molecule has 2 N–H and O–H groups in total. The summed E-state index contributed by atoms with van der Waals surface area (Å²) in [6, 6.07) is 0. The first-order chi connectivity index (χ1) is 4.84. The summed E-state index contributed by atoms with van der Waals surface area (Å²) in [6.07, 6.45) is 2.15. The first-order valence-corrected chi connectivity index (χ1v) is 4.28. The van der Waals surface area contributed by atoms with Gasteiger partial charge in [0.05, 0.1) is 5.69 Å². The molecule has 0 atom stereocenters. The van der Waals surface area contributed by atoms with Crippen molar-refractivity contribution in [1.82, 2.24) is 4.37 Å². The van der Waals surface area contributed by atoms with Gasteiger partial charge in [-0.1, -0.05) is 0 Å². The third-order valence-corrected chi connectivity index (χ3v) is 2.27. The highest BCUT2D eigenvalue weighted by Crippen LogP contribution is 2.10. The van der Waals surface area contributed by atoms with Crippen LogP contribution >= 0.6 is 11.5 Å². The van der Waals surface area contributed by atoms with Crippen LogP contribution in [0.2, 0.25) is 0 Å². The van der Waals surface area contributed by atoms with E-state index in [-0.39, 0.29) is 0 Å². The van der Waals surface area contributed by atoms with Gasteiger partial charge in [0, 0.05) is 5.38 Å². The Kier molecular flexibility index (Phi) is 2.83. The van der Waals surface area contributed by atoms with Gasteiger partial charge in [-0.2, -0.15) is 4.37 Å². The molecule has 0 amide bonds. The highest BCUT2D eigenvalue weighted by molar-refractivity contribution is 7.03. The van der Waals surface area contributed by atoms with Crippen LogP contribution in [-0.2, 0) is 6.42 Å². The lowest BCUT2D eigenvalue weighted by atomic mass is 10.1. The van der Waals surface area contributed by atoms with E-state index in [0.717, 1.165) is 19.4 Å². The maximum atomic E-state index is 5.38. The summed E-state index contributed by atoms with van der Waals surface area (Å²) in [6.45, 7) is 2.82. The van der Waals surface area contributed by atoms with Crippen LogP contribution in [0.4, 0.5) is 0 Å². The van der Waals surface area contributed by atoms with Gasteiger partial charge in [-0.3, -0.25) is 0 Å². The van der Waals surface area contributed by atoms with Gasteiger partial charge < -0.3 is 5.73 Å². The van der Waals surface area contributed by atoms with E-state index < -0.39 is 0 Å². The van der Waals surface area contributed by atoms with E-state index in [0.29, 0.717) is 0 Å². The van der Waals surface area contributed by atoms with E-state index in [4.69, 9.17) is 5.73 Å². The second kappa shape index (κ2) is 3.68. The molecule has 10 heavy (non-hydrogen) atoms. The highest BCUT2D eigenvalue weighted by atomic mass is 32.1. The topological polar surface area (TPSA) is 38.9 Å². The minimum atomic E-state index is 0.773. The predicted molar refractivity (Wildman–Crippen MR) is 44.2 cm³/mol. The van der Waals surface area contributed by atoms with Crippen molar-refractivity contribution in [2.24, 2.45) is 5.73 Å². The number of hydrogen-bond donors (Lipinski definition) is 1. The molecular weight excluding hydrogens is 144 g/mol. The average Bonchev–Trinajstić information content (AvgIpc) is 2.31. The summed E-state index contributed by atoms with van der Waals surface area (Å²) in [4.78, 5) is 0. The fourth-order valence-electron chi connectivity index (χ4n) is 0.845. The molecule has 1 aromatic heterocycles. The van der Waals surface area contributed by atoms with E-state index in [9.17, 15) is 0 Å². The summed E-state index contributed by atoms with van der Waals surface area (Å²) in [5, 5.41) is 2.10. The largest absolute Gasteiger partial charge is 0.330 e. The van der Waals surface area contributed by atoms with Crippen molar-refractivity contribution in [2.45, 2.75) is 19.8 Å². The Morgan fingerprint density at radius 3 is 3.00 bits per heavy atom. The summed E-state index contributed by atoms with van der Waals surface area (Å²) in [5.74, 6) is 0. The molecular formula is C7H12N2S. The van der Waals surface area contributed by atoms with Gasteiger partial charge >= 0.3 is 0 Å². The fourth-order valence-corrected chi connectivity index (χ4v) is 1.59. The van der Waals surface area contributed by atoms with Crippen molar-refractivity contribution >= 4 is 11.5 Å². The second-order valence-corrected chi connectivity index (χ2v) is 2.95. The van der Waals surface area contributed by atoms with Gasteiger partial charge in [0.2, 0.25) is 0 Å². The molecule has 1 rings (SSSR count). The molecule has 0 aliphatic rings. The normalized spacial score (nSPS) is 10.2. The minimum absolute atomic E-state index is 0.773. The summed E-state index contributed by atoms with van der Waals surface area (Å²) < 4.78 is 4.17. The Labute approximate surface area is 65.2 Å². The van der Waals surface area contributed by atoms with E-state index in [1.165, 1.54) is 22.8 Å². The van der Waals surface area contributed by atoms with Crippen molar-refractivity contribution in [3.63, 3.8) is 0 Å². The third-order valence-electron chi connectivity index (χ3n) is 1.50. The van der Waals surface area contributed by atoms with Crippen molar-refractivity contribution in [2.75, 3.05) is 6.54 Å². The smallest absolute Gasteiger partial charge is 0.0543 e. The average molecular weight is 156 g/mol. The molecule has 0 bridgehead atoms. The molecule has 1 aromatic rings. The molecule has 2 nitrogen and oxygen atoms in total. The molecule has 0 radical (unpaired) electrons. The number of aromatic nitrogens is 1. The summed E-state index contributed by atoms with van der Waals surface area (Å²) in [5.41, 5.74) is 7.90. The van der Waals surface area contributed by atoms with Crippen LogP contribution in [0.1, 0.15) is 17.7 Å². The maximum absolute atomic E-state index is 5.38. The molecule has 0 aliphatic heterocycles. The van der Waals surface area contributed by atoms with Crippen molar-refractivity contribution in [3.05, 3.63) is 16.6 Å². The lowest BCUT2D eigenvalue weighted by molar-refractivity contribution is 0.828. The zero-order valence-electron chi connectivity index (χ0n) is 6.13. The van der Waals surface area contributed by atoms with Crippen molar-refractivity contribution in [3.8, 4) is 0 Å². The molecule has 0 unspecified atom stereocenters.